The highest BCUT2D eigenvalue weighted by molar-refractivity contribution is 5.76. The maximum Gasteiger partial charge on any atom is 0.320 e. The van der Waals surface area contributed by atoms with Gasteiger partial charge in [-0.3, -0.25) is 14.9 Å². The number of hydrogen-bond donors (Lipinski definition) is 2. The van der Waals surface area contributed by atoms with Gasteiger partial charge in [0.2, 0.25) is 0 Å². The van der Waals surface area contributed by atoms with Crippen molar-refractivity contribution in [2.75, 3.05) is 13.2 Å². The first kappa shape index (κ1) is 11.0. The molecule has 0 bridgehead atoms. The molecule has 1 aliphatic rings. The summed E-state index contributed by atoms with van der Waals surface area (Å²) in [6.45, 7) is 2.01. The number of nitrogens with one attached hydrogen (secondary N) is 1. The number of aliphatic carboxylic acids is 1. The Hall–Kier alpha value is -1.10. The van der Waals surface area contributed by atoms with Crippen LogP contribution >= 0.6 is 0 Å². The minimum Gasteiger partial charge on any atom is -0.480 e. The summed E-state index contributed by atoms with van der Waals surface area (Å²) in [7, 11) is 0. The zero-order chi connectivity index (χ0) is 10.6. The van der Waals surface area contributed by atoms with E-state index in [1.165, 1.54) is 0 Å². The van der Waals surface area contributed by atoms with Gasteiger partial charge in [-0.25, -0.2) is 0 Å². The fraction of sp³-hybridized carbons (Fsp3) is 0.778. The standard InChI is InChI=1S/C9H15NO4/c1-2-14-7(11)5-10-8(9(12)13)6-3-4-6/h6,8,10H,2-5H2,1H3,(H,12,13). The molecule has 1 atom stereocenters. The minimum absolute atomic E-state index is 0.0265. The molecule has 0 aromatic heterocycles. The van der Waals surface area contributed by atoms with Gasteiger partial charge in [0.25, 0.3) is 0 Å². The molecule has 0 amide bonds. The van der Waals surface area contributed by atoms with E-state index in [1.807, 2.05) is 0 Å². The van der Waals surface area contributed by atoms with Crippen LogP contribution in [0.3, 0.4) is 0 Å². The van der Waals surface area contributed by atoms with Crippen molar-refractivity contribution in [2.45, 2.75) is 25.8 Å². The van der Waals surface area contributed by atoms with Crippen molar-refractivity contribution in [2.24, 2.45) is 5.92 Å². The van der Waals surface area contributed by atoms with E-state index in [9.17, 15) is 9.59 Å². The molecule has 0 saturated heterocycles. The van der Waals surface area contributed by atoms with Gasteiger partial charge in [0.15, 0.2) is 0 Å². The number of ether oxygens (including phenoxy) is 1. The number of rotatable bonds is 6. The van der Waals surface area contributed by atoms with E-state index in [-0.39, 0.29) is 12.5 Å². The number of carboxylic acids is 1. The molecule has 0 radical (unpaired) electrons. The monoisotopic (exact) mass is 201 g/mol. The molecule has 1 aliphatic carbocycles. The Morgan fingerprint density at radius 1 is 1.57 bits per heavy atom. The summed E-state index contributed by atoms with van der Waals surface area (Å²) in [6, 6.07) is -0.598. The minimum atomic E-state index is -0.892. The quantitative estimate of drug-likeness (QED) is 0.592. The molecule has 0 aromatic rings. The lowest BCUT2D eigenvalue weighted by atomic mass is 10.2. The Kier molecular flexibility index (Phi) is 3.88. The van der Waals surface area contributed by atoms with E-state index >= 15 is 0 Å². The van der Waals surface area contributed by atoms with Crippen molar-refractivity contribution in [3.63, 3.8) is 0 Å². The molecule has 0 aromatic carbocycles. The van der Waals surface area contributed by atoms with Gasteiger partial charge >= 0.3 is 11.9 Å². The molecule has 1 unspecified atom stereocenters. The van der Waals surface area contributed by atoms with Gasteiger partial charge in [0, 0.05) is 0 Å². The van der Waals surface area contributed by atoms with Gasteiger partial charge in [-0.05, 0) is 25.7 Å². The van der Waals surface area contributed by atoms with E-state index in [2.05, 4.69) is 10.1 Å². The van der Waals surface area contributed by atoms with Crippen LogP contribution in [-0.4, -0.2) is 36.2 Å². The van der Waals surface area contributed by atoms with Gasteiger partial charge in [-0.15, -0.1) is 0 Å². The Morgan fingerprint density at radius 3 is 2.64 bits per heavy atom. The molecule has 5 nitrogen and oxygen atoms in total. The van der Waals surface area contributed by atoms with Gasteiger partial charge in [-0.1, -0.05) is 0 Å². The first-order chi connectivity index (χ1) is 6.65. The van der Waals surface area contributed by atoms with Gasteiger partial charge < -0.3 is 9.84 Å². The van der Waals surface area contributed by atoms with Crippen LogP contribution in [0.4, 0.5) is 0 Å². The smallest absolute Gasteiger partial charge is 0.320 e. The third-order valence-corrected chi connectivity index (χ3v) is 2.13. The summed E-state index contributed by atoms with van der Waals surface area (Å²) in [5.41, 5.74) is 0. The van der Waals surface area contributed by atoms with E-state index in [0.717, 1.165) is 12.8 Å². The first-order valence-corrected chi connectivity index (χ1v) is 4.77. The van der Waals surface area contributed by atoms with Crippen molar-refractivity contribution in [3.05, 3.63) is 0 Å². The molecule has 0 spiro atoms. The van der Waals surface area contributed by atoms with Crippen LogP contribution in [0.25, 0.3) is 0 Å². The van der Waals surface area contributed by atoms with Crippen LogP contribution in [-0.2, 0) is 14.3 Å². The SMILES string of the molecule is CCOC(=O)CNC(C(=O)O)C1CC1. The third kappa shape index (κ3) is 3.33. The zero-order valence-corrected chi connectivity index (χ0v) is 8.16. The average molecular weight is 201 g/mol. The van der Waals surface area contributed by atoms with Gasteiger partial charge in [0.05, 0.1) is 13.2 Å². The molecular formula is C9H15NO4. The number of carboxylic acid groups (broad SMARTS) is 1. The first-order valence-electron chi connectivity index (χ1n) is 4.77. The summed E-state index contributed by atoms with van der Waals surface area (Å²) in [5.74, 6) is -1.11. The van der Waals surface area contributed by atoms with Crippen LogP contribution in [0.15, 0.2) is 0 Å². The van der Waals surface area contributed by atoms with E-state index < -0.39 is 18.0 Å². The number of carbonyl (C=O) groups is 2. The highest BCUT2D eigenvalue weighted by Crippen LogP contribution is 2.32. The van der Waals surface area contributed by atoms with Crippen molar-refractivity contribution < 1.29 is 19.4 Å². The van der Waals surface area contributed by atoms with Gasteiger partial charge in [0.1, 0.15) is 6.04 Å². The predicted octanol–water partition coefficient (Wildman–Crippen LogP) is 0.00230. The number of esters is 1. The molecule has 1 saturated carbocycles. The molecule has 0 aliphatic heterocycles. The second kappa shape index (κ2) is 4.95. The van der Waals surface area contributed by atoms with E-state index in [0.29, 0.717) is 6.61 Å². The molecule has 80 valence electrons. The fourth-order valence-electron chi connectivity index (χ4n) is 1.29. The summed E-state index contributed by atoms with van der Waals surface area (Å²) < 4.78 is 4.68. The van der Waals surface area contributed by atoms with E-state index in [4.69, 9.17) is 5.11 Å². The zero-order valence-electron chi connectivity index (χ0n) is 8.16. The summed E-state index contributed by atoms with van der Waals surface area (Å²) in [5, 5.41) is 11.5. The highest BCUT2D eigenvalue weighted by Gasteiger charge is 2.36. The largest absolute Gasteiger partial charge is 0.480 e. The van der Waals surface area contributed by atoms with Crippen molar-refractivity contribution in [1.82, 2.24) is 5.32 Å². The Bertz CT molecular complexity index is 225. The van der Waals surface area contributed by atoms with Crippen molar-refractivity contribution in [3.8, 4) is 0 Å². The predicted molar refractivity (Wildman–Crippen MR) is 48.8 cm³/mol. The molecule has 2 N–H and O–H groups in total. The Labute approximate surface area is 82.4 Å². The second-order valence-electron chi connectivity index (χ2n) is 3.34. The van der Waals surface area contributed by atoms with Crippen molar-refractivity contribution >= 4 is 11.9 Å². The van der Waals surface area contributed by atoms with Crippen LogP contribution < -0.4 is 5.32 Å². The lowest BCUT2D eigenvalue weighted by Crippen LogP contribution is -2.41. The average Bonchev–Trinajstić information content (AvgIpc) is 2.88. The fourth-order valence-corrected chi connectivity index (χ4v) is 1.29. The molecule has 1 rings (SSSR count). The molecular weight excluding hydrogens is 186 g/mol. The summed E-state index contributed by atoms with van der Waals surface area (Å²) in [4.78, 5) is 21.7. The van der Waals surface area contributed by atoms with Gasteiger partial charge in [-0.2, -0.15) is 0 Å². The van der Waals surface area contributed by atoms with Crippen LogP contribution in [0, 0.1) is 5.92 Å². The summed E-state index contributed by atoms with van der Waals surface area (Å²) in [6.07, 6.45) is 1.85. The Morgan fingerprint density at radius 2 is 2.21 bits per heavy atom. The van der Waals surface area contributed by atoms with Crippen LogP contribution in [0.5, 0.6) is 0 Å². The highest BCUT2D eigenvalue weighted by atomic mass is 16.5. The molecule has 0 heterocycles. The van der Waals surface area contributed by atoms with Crippen molar-refractivity contribution in [1.29, 1.82) is 0 Å². The maximum absolute atomic E-state index is 10.9. The molecule has 5 heteroatoms. The molecule has 1 fully saturated rings. The van der Waals surface area contributed by atoms with E-state index in [1.54, 1.807) is 6.92 Å². The second-order valence-corrected chi connectivity index (χ2v) is 3.34. The third-order valence-electron chi connectivity index (χ3n) is 2.13. The molecule has 14 heavy (non-hydrogen) atoms. The normalized spacial score (nSPS) is 17.5. The van der Waals surface area contributed by atoms with Crippen LogP contribution in [0.2, 0.25) is 0 Å². The van der Waals surface area contributed by atoms with Crippen LogP contribution in [0.1, 0.15) is 19.8 Å². The lowest BCUT2D eigenvalue weighted by Gasteiger charge is -2.12. The number of carbonyl (C=O) groups excluding carboxylic acids is 1. The maximum atomic E-state index is 10.9. The Balaban J connectivity index is 2.26. The lowest BCUT2D eigenvalue weighted by molar-refractivity contribution is -0.143. The topological polar surface area (TPSA) is 75.6 Å². The summed E-state index contributed by atoms with van der Waals surface area (Å²) >= 11 is 0. The number of hydrogen-bond acceptors (Lipinski definition) is 4.